The van der Waals surface area contributed by atoms with Gasteiger partial charge in [-0.15, -0.1) is 0 Å². The maximum Gasteiger partial charge on any atom is 0.254 e. The average Bonchev–Trinajstić information content (AvgIpc) is 3.57. The van der Waals surface area contributed by atoms with Crippen LogP contribution in [0.3, 0.4) is 0 Å². The van der Waals surface area contributed by atoms with Crippen molar-refractivity contribution in [3.05, 3.63) is 60.3 Å². The number of anilines is 1. The van der Waals surface area contributed by atoms with Crippen LogP contribution in [-0.2, 0) is 4.79 Å². The van der Waals surface area contributed by atoms with Crippen LogP contribution in [0, 0.1) is 0 Å². The molecule has 31 heavy (non-hydrogen) atoms. The third-order valence-corrected chi connectivity index (χ3v) is 6.24. The summed E-state index contributed by atoms with van der Waals surface area (Å²) >= 11 is 0. The highest BCUT2D eigenvalue weighted by molar-refractivity contribution is 5.96. The number of pyridine rings is 1. The average molecular weight is 416 g/mol. The van der Waals surface area contributed by atoms with Gasteiger partial charge in [0.2, 0.25) is 0 Å². The molecule has 2 heterocycles. The molecule has 2 aliphatic rings. The van der Waals surface area contributed by atoms with Crippen molar-refractivity contribution < 1.29 is 14.7 Å². The Morgan fingerprint density at radius 1 is 0.903 bits per heavy atom. The molecule has 1 aliphatic carbocycles. The molecule has 2 amide bonds. The zero-order valence-corrected chi connectivity index (χ0v) is 17.1. The van der Waals surface area contributed by atoms with Gasteiger partial charge in [-0.1, -0.05) is 24.3 Å². The molecule has 1 aliphatic heterocycles. The molecule has 3 aromatic rings. The molecule has 1 saturated carbocycles. The number of fused-ring (bicyclic) bond motifs is 1. The third-order valence-electron chi connectivity index (χ3n) is 6.24. The normalized spacial score (nSPS) is 17.6. The van der Waals surface area contributed by atoms with E-state index in [1.807, 2.05) is 42.5 Å². The largest absolute Gasteiger partial charge is 0.383 e. The van der Waals surface area contributed by atoms with Crippen LogP contribution >= 0.6 is 0 Å². The summed E-state index contributed by atoms with van der Waals surface area (Å²) < 4.78 is 0. The summed E-state index contributed by atoms with van der Waals surface area (Å²) in [5.41, 5.74) is 7.47. The van der Waals surface area contributed by atoms with E-state index in [1.165, 1.54) is 0 Å². The van der Waals surface area contributed by atoms with Crippen molar-refractivity contribution in [1.29, 1.82) is 0 Å². The van der Waals surface area contributed by atoms with E-state index in [-0.39, 0.29) is 11.8 Å². The number of benzene rings is 2. The van der Waals surface area contributed by atoms with Crippen molar-refractivity contribution in [3.63, 3.8) is 0 Å². The van der Waals surface area contributed by atoms with Crippen LogP contribution in [0.2, 0.25) is 0 Å². The van der Waals surface area contributed by atoms with E-state index >= 15 is 0 Å². The third kappa shape index (κ3) is 3.61. The van der Waals surface area contributed by atoms with Gasteiger partial charge in [-0.25, -0.2) is 4.98 Å². The monoisotopic (exact) mass is 416 g/mol. The highest BCUT2D eigenvalue weighted by Gasteiger charge is 2.50. The lowest BCUT2D eigenvalue weighted by Crippen LogP contribution is -2.53. The van der Waals surface area contributed by atoms with Gasteiger partial charge in [-0.2, -0.15) is 0 Å². The fourth-order valence-electron chi connectivity index (χ4n) is 4.11. The van der Waals surface area contributed by atoms with Gasteiger partial charge in [0.05, 0.1) is 0 Å². The number of nitrogens with zero attached hydrogens (tertiary/aromatic N) is 3. The Morgan fingerprint density at radius 3 is 2.23 bits per heavy atom. The van der Waals surface area contributed by atoms with Gasteiger partial charge in [-0.3, -0.25) is 9.59 Å². The number of hydrogen-bond acceptors (Lipinski definition) is 5. The zero-order valence-electron chi connectivity index (χ0n) is 17.1. The molecule has 7 heteroatoms. The molecule has 0 unspecified atom stereocenters. The smallest absolute Gasteiger partial charge is 0.254 e. The van der Waals surface area contributed by atoms with Crippen molar-refractivity contribution in [2.24, 2.45) is 0 Å². The standard InChI is InChI=1S/C24H24N4O3/c25-21-20-6-5-18(15-19(20)7-10-26-21)16-1-3-17(4-2-16)22(29)27-11-13-28(14-12-27)23(30)24(31)8-9-24/h1-7,10,15,31H,8-9,11-14H2,(H2,25,26). The van der Waals surface area contributed by atoms with Crippen LogP contribution < -0.4 is 5.73 Å². The number of amides is 2. The molecule has 0 atom stereocenters. The van der Waals surface area contributed by atoms with E-state index in [9.17, 15) is 14.7 Å². The number of carbonyl (C=O) groups excluding carboxylic acids is 2. The minimum atomic E-state index is -1.15. The number of piperazine rings is 1. The number of hydrogen-bond donors (Lipinski definition) is 2. The lowest BCUT2D eigenvalue weighted by Gasteiger charge is -2.35. The number of rotatable bonds is 3. The first-order valence-corrected chi connectivity index (χ1v) is 10.5. The van der Waals surface area contributed by atoms with Gasteiger partial charge in [0, 0.05) is 43.3 Å². The molecule has 2 fully saturated rings. The highest BCUT2D eigenvalue weighted by Crippen LogP contribution is 2.37. The number of nitrogen functional groups attached to an aromatic ring is 1. The minimum absolute atomic E-state index is 0.0406. The summed E-state index contributed by atoms with van der Waals surface area (Å²) in [7, 11) is 0. The van der Waals surface area contributed by atoms with Gasteiger partial charge >= 0.3 is 0 Å². The topological polar surface area (TPSA) is 99.8 Å². The summed E-state index contributed by atoms with van der Waals surface area (Å²) in [5.74, 6) is 0.274. The quantitative estimate of drug-likeness (QED) is 0.682. The van der Waals surface area contributed by atoms with Gasteiger partial charge < -0.3 is 20.6 Å². The van der Waals surface area contributed by atoms with Gasteiger partial charge in [-0.05, 0) is 53.6 Å². The number of aromatic nitrogens is 1. The molecule has 158 valence electrons. The maximum atomic E-state index is 12.9. The summed E-state index contributed by atoms with van der Waals surface area (Å²) in [6.45, 7) is 1.87. The molecule has 2 aromatic carbocycles. The van der Waals surface area contributed by atoms with Gasteiger partial charge in [0.15, 0.2) is 0 Å². The molecular weight excluding hydrogens is 392 g/mol. The molecule has 5 rings (SSSR count). The van der Waals surface area contributed by atoms with Crippen molar-refractivity contribution in [2.45, 2.75) is 18.4 Å². The van der Waals surface area contributed by atoms with Crippen LogP contribution in [0.1, 0.15) is 23.2 Å². The Hall–Kier alpha value is -3.45. The Labute approximate surface area is 180 Å². The molecule has 0 spiro atoms. The maximum absolute atomic E-state index is 12.9. The van der Waals surface area contributed by atoms with Crippen LogP contribution in [0.15, 0.2) is 54.7 Å². The Kier molecular flexibility index (Phi) is 4.63. The fourth-order valence-corrected chi connectivity index (χ4v) is 4.11. The predicted molar refractivity (Wildman–Crippen MR) is 118 cm³/mol. The zero-order chi connectivity index (χ0) is 21.6. The summed E-state index contributed by atoms with van der Waals surface area (Å²) in [6, 6.07) is 15.5. The van der Waals surface area contributed by atoms with E-state index in [4.69, 9.17) is 5.73 Å². The molecule has 3 N–H and O–H groups in total. The van der Waals surface area contributed by atoms with E-state index in [2.05, 4.69) is 11.1 Å². The molecule has 7 nitrogen and oxygen atoms in total. The number of carbonyl (C=O) groups is 2. The van der Waals surface area contributed by atoms with E-state index in [0.717, 1.165) is 21.9 Å². The van der Waals surface area contributed by atoms with Crippen LogP contribution in [0.25, 0.3) is 21.9 Å². The minimum Gasteiger partial charge on any atom is -0.383 e. The van der Waals surface area contributed by atoms with E-state index in [1.54, 1.807) is 16.0 Å². The Morgan fingerprint density at radius 2 is 1.55 bits per heavy atom. The first-order valence-electron chi connectivity index (χ1n) is 10.5. The van der Waals surface area contributed by atoms with Crippen LogP contribution in [-0.4, -0.2) is 63.5 Å². The summed E-state index contributed by atoms with van der Waals surface area (Å²) in [4.78, 5) is 32.7. The lowest BCUT2D eigenvalue weighted by atomic mass is 10.0. The SMILES string of the molecule is Nc1nccc2cc(-c3ccc(C(=O)N4CCN(C(=O)C5(O)CC5)CC4)cc3)ccc12. The fraction of sp³-hybridized carbons (Fsp3) is 0.292. The second-order valence-corrected chi connectivity index (χ2v) is 8.33. The lowest BCUT2D eigenvalue weighted by molar-refractivity contribution is -0.143. The molecule has 0 bridgehead atoms. The predicted octanol–water partition coefficient (Wildman–Crippen LogP) is 2.29. The van der Waals surface area contributed by atoms with Crippen molar-refractivity contribution in [2.75, 3.05) is 31.9 Å². The van der Waals surface area contributed by atoms with Crippen molar-refractivity contribution >= 4 is 28.4 Å². The Balaban J connectivity index is 1.27. The van der Waals surface area contributed by atoms with Crippen LogP contribution in [0.4, 0.5) is 5.82 Å². The van der Waals surface area contributed by atoms with Crippen LogP contribution in [0.5, 0.6) is 0 Å². The first kappa shape index (κ1) is 19.5. The number of aliphatic hydroxyl groups is 1. The summed E-state index contributed by atoms with van der Waals surface area (Å²) in [5, 5.41) is 12.0. The second-order valence-electron chi connectivity index (χ2n) is 8.33. The number of nitrogens with two attached hydrogens (primary N) is 1. The summed E-state index contributed by atoms with van der Waals surface area (Å²) in [6.07, 6.45) is 2.78. The second kappa shape index (κ2) is 7.35. The van der Waals surface area contributed by atoms with Crippen molar-refractivity contribution in [1.82, 2.24) is 14.8 Å². The van der Waals surface area contributed by atoms with E-state index < -0.39 is 5.60 Å². The first-order chi connectivity index (χ1) is 14.9. The molecule has 0 radical (unpaired) electrons. The molecule has 1 saturated heterocycles. The van der Waals surface area contributed by atoms with Gasteiger partial charge in [0.1, 0.15) is 11.4 Å². The highest BCUT2D eigenvalue weighted by atomic mass is 16.3. The molecule has 1 aromatic heterocycles. The van der Waals surface area contributed by atoms with E-state index in [0.29, 0.717) is 50.4 Å². The van der Waals surface area contributed by atoms with Crippen molar-refractivity contribution in [3.8, 4) is 11.1 Å². The molecular formula is C24H24N4O3. The Bertz CT molecular complexity index is 1160. The van der Waals surface area contributed by atoms with Gasteiger partial charge in [0.25, 0.3) is 11.8 Å².